The van der Waals surface area contributed by atoms with Crippen molar-refractivity contribution in [1.82, 2.24) is 0 Å². The molecule has 1 unspecified atom stereocenters. The number of allylic oxidation sites excluding steroid dienone is 4. The van der Waals surface area contributed by atoms with Gasteiger partial charge in [-0.05, 0) is 75.0 Å². The zero-order chi connectivity index (χ0) is 32.2. The summed E-state index contributed by atoms with van der Waals surface area (Å²) in [5, 5.41) is 17.2. The van der Waals surface area contributed by atoms with E-state index in [-0.39, 0.29) is 11.7 Å². The van der Waals surface area contributed by atoms with Crippen LogP contribution in [0.2, 0.25) is 0 Å². The van der Waals surface area contributed by atoms with Gasteiger partial charge in [-0.1, -0.05) is 121 Å². The van der Waals surface area contributed by atoms with Crippen LogP contribution in [0.4, 0.5) is 17.1 Å². The van der Waals surface area contributed by atoms with Crippen LogP contribution in [0.3, 0.4) is 0 Å². The number of nitrogen functional groups attached to an aromatic ring is 1. The Hall–Kier alpha value is -6.26. The third-order valence-corrected chi connectivity index (χ3v) is 9.66. The van der Waals surface area contributed by atoms with E-state index in [4.69, 9.17) is 10.2 Å². The van der Waals surface area contributed by atoms with E-state index >= 15 is 0 Å². The van der Waals surface area contributed by atoms with Crippen LogP contribution in [0.25, 0.3) is 54.6 Å². The Balaban J connectivity index is 1.20. The van der Waals surface area contributed by atoms with E-state index in [0.29, 0.717) is 11.3 Å². The predicted molar refractivity (Wildman–Crippen MR) is 200 cm³/mol. The number of phenolic OH excluding ortho intramolecular Hbond substituents is 1. The van der Waals surface area contributed by atoms with Gasteiger partial charge in [0.1, 0.15) is 11.3 Å². The first-order valence-electron chi connectivity index (χ1n) is 16.3. The highest BCUT2D eigenvalue weighted by Gasteiger charge is 2.25. The smallest absolute Gasteiger partial charge is 0.159 e. The molecule has 0 radical (unpaired) electrons. The molecule has 1 aliphatic carbocycles. The Bertz CT molecular complexity index is 2560. The molecule has 230 valence electrons. The summed E-state index contributed by atoms with van der Waals surface area (Å²) in [6.07, 6.45) is 7.51. The van der Waals surface area contributed by atoms with Gasteiger partial charge in [0.15, 0.2) is 5.58 Å². The number of nitrogens with two attached hydrogens (primary N) is 1. The van der Waals surface area contributed by atoms with Crippen LogP contribution in [0.5, 0.6) is 5.75 Å². The summed E-state index contributed by atoms with van der Waals surface area (Å²) < 4.78 is 6.55. The van der Waals surface area contributed by atoms with Gasteiger partial charge in [0.05, 0.1) is 11.4 Å². The highest BCUT2D eigenvalue weighted by molar-refractivity contribution is 6.11. The lowest BCUT2D eigenvalue weighted by molar-refractivity contribution is 0.478. The lowest BCUT2D eigenvalue weighted by atomic mass is 9.87. The number of para-hydroxylation sites is 1. The number of hydrogen-bond acceptors (Lipinski definition) is 4. The van der Waals surface area contributed by atoms with E-state index in [1.165, 1.54) is 32.7 Å². The fourth-order valence-electron chi connectivity index (χ4n) is 7.35. The van der Waals surface area contributed by atoms with Crippen molar-refractivity contribution in [2.75, 3.05) is 10.6 Å². The second-order valence-corrected chi connectivity index (χ2v) is 12.5. The lowest BCUT2D eigenvalue weighted by Gasteiger charge is -2.31. The van der Waals surface area contributed by atoms with Crippen LogP contribution >= 0.6 is 0 Å². The number of aromatic hydroxyl groups is 1. The van der Waals surface area contributed by atoms with Crippen molar-refractivity contribution in [1.29, 1.82) is 0 Å². The van der Waals surface area contributed by atoms with Gasteiger partial charge in [0, 0.05) is 34.1 Å². The first-order valence-corrected chi connectivity index (χ1v) is 16.3. The summed E-state index contributed by atoms with van der Waals surface area (Å²) in [6, 6.07) is 48.6. The Morgan fingerprint density at radius 1 is 0.667 bits per heavy atom. The Morgan fingerprint density at radius 2 is 1.35 bits per heavy atom. The second kappa shape index (κ2) is 11.2. The van der Waals surface area contributed by atoms with Gasteiger partial charge in [0.25, 0.3) is 0 Å². The van der Waals surface area contributed by atoms with Crippen molar-refractivity contribution < 1.29 is 9.52 Å². The highest BCUT2D eigenvalue weighted by atomic mass is 16.3. The molecule has 1 atom stereocenters. The molecule has 0 bridgehead atoms. The maximum absolute atomic E-state index is 10.5. The predicted octanol–water partition coefficient (Wildman–Crippen LogP) is 11.6. The number of phenols is 1. The summed E-state index contributed by atoms with van der Waals surface area (Å²) in [7, 11) is 0. The van der Waals surface area contributed by atoms with Crippen molar-refractivity contribution in [3.63, 3.8) is 0 Å². The fraction of sp³-hybridized carbons (Fsp3) is 0.0455. The van der Waals surface area contributed by atoms with Crippen molar-refractivity contribution in [2.45, 2.75) is 12.3 Å². The highest BCUT2D eigenvalue weighted by Crippen LogP contribution is 2.45. The lowest BCUT2D eigenvalue weighted by Crippen LogP contribution is -2.20. The maximum Gasteiger partial charge on any atom is 0.159 e. The van der Waals surface area contributed by atoms with Crippen molar-refractivity contribution in [3.05, 3.63) is 169 Å². The number of benzene rings is 7. The normalized spacial score (nSPS) is 14.6. The number of rotatable bonds is 5. The molecule has 0 aliphatic heterocycles. The minimum absolute atomic E-state index is 0.0505. The van der Waals surface area contributed by atoms with E-state index in [1.54, 1.807) is 12.1 Å². The van der Waals surface area contributed by atoms with Gasteiger partial charge >= 0.3 is 0 Å². The zero-order valence-electron chi connectivity index (χ0n) is 26.2. The second-order valence-electron chi connectivity index (χ2n) is 12.5. The third-order valence-electron chi connectivity index (χ3n) is 9.66. The number of anilines is 3. The molecular formula is C44H32N2O2. The van der Waals surface area contributed by atoms with Crippen molar-refractivity contribution in [3.8, 4) is 16.9 Å². The van der Waals surface area contributed by atoms with Gasteiger partial charge in [-0.3, -0.25) is 0 Å². The van der Waals surface area contributed by atoms with E-state index < -0.39 is 0 Å². The molecule has 1 heterocycles. The average molecular weight is 621 g/mol. The molecule has 1 aliphatic rings. The molecule has 0 saturated heterocycles. The average Bonchev–Trinajstić information content (AvgIpc) is 3.49. The maximum atomic E-state index is 10.5. The topological polar surface area (TPSA) is 62.6 Å². The molecule has 0 fully saturated rings. The van der Waals surface area contributed by atoms with Crippen LogP contribution in [0, 0.1) is 0 Å². The standard InChI is InChI=1S/C44H32N2O2/c45-40-27-43-39(26-42(40)47)38-19-8-20-41(44(38)48-43)46(32-23-21-30(22-24-32)36-17-6-11-28-9-1-3-15-34(28)36)33-14-5-13-31(25-33)37-18-7-12-29-10-2-4-16-35(29)37/h1-24,26-27,31,47H,25,45H2. The Labute approximate surface area is 278 Å². The molecule has 0 saturated carbocycles. The molecule has 1 aromatic heterocycles. The van der Waals surface area contributed by atoms with Gasteiger partial charge < -0.3 is 20.2 Å². The Kier molecular flexibility index (Phi) is 6.54. The summed E-state index contributed by atoms with van der Waals surface area (Å²) in [6.45, 7) is 0. The molecule has 0 amide bonds. The van der Waals surface area contributed by atoms with Gasteiger partial charge in [-0.2, -0.15) is 0 Å². The number of nitrogens with zero attached hydrogens (tertiary/aromatic N) is 1. The summed E-state index contributed by atoms with van der Waals surface area (Å²) in [5.74, 6) is 0.245. The van der Waals surface area contributed by atoms with E-state index in [1.807, 2.05) is 6.07 Å². The quantitative estimate of drug-likeness (QED) is 0.148. The van der Waals surface area contributed by atoms with Crippen LogP contribution in [0.15, 0.2) is 168 Å². The molecule has 48 heavy (non-hydrogen) atoms. The molecular weight excluding hydrogens is 588 g/mol. The fourth-order valence-corrected chi connectivity index (χ4v) is 7.35. The van der Waals surface area contributed by atoms with E-state index in [2.05, 4.69) is 144 Å². The van der Waals surface area contributed by atoms with Crippen LogP contribution in [-0.2, 0) is 0 Å². The number of hydrogen-bond donors (Lipinski definition) is 2. The van der Waals surface area contributed by atoms with E-state index in [0.717, 1.165) is 45.4 Å². The van der Waals surface area contributed by atoms with Crippen molar-refractivity contribution >= 4 is 60.5 Å². The van der Waals surface area contributed by atoms with Crippen LogP contribution < -0.4 is 10.6 Å². The van der Waals surface area contributed by atoms with Crippen LogP contribution in [-0.4, -0.2) is 5.11 Å². The van der Waals surface area contributed by atoms with Crippen LogP contribution in [0.1, 0.15) is 17.9 Å². The number of furan rings is 1. The Morgan fingerprint density at radius 3 is 2.19 bits per heavy atom. The largest absolute Gasteiger partial charge is 0.506 e. The molecule has 4 nitrogen and oxygen atoms in total. The molecule has 7 aromatic carbocycles. The van der Waals surface area contributed by atoms with E-state index in [9.17, 15) is 5.11 Å². The van der Waals surface area contributed by atoms with Gasteiger partial charge in [-0.25, -0.2) is 0 Å². The first kappa shape index (κ1) is 28.0. The summed E-state index contributed by atoms with van der Waals surface area (Å²) >= 11 is 0. The minimum Gasteiger partial charge on any atom is -0.506 e. The molecule has 9 rings (SSSR count). The monoisotopic (exact) mass is 620 g/mol. The zero-order valence-corrected chi connectivity index (χ0v) is 26.2. The van der Waals surface area contributed by atoms with Crippen molar-refractivity contribution in [2.24, 2.45) is 0 Å². The summed E-state index contributed by atoms with van der Waals surface area (Å²) in [5.41, 5.74) is 14.6. The summed E-state index contributed by atoms with van der Waals surface area (Å²) in [4.78, 5) is 2.32. The van der Waals surface area contributed by atoms with Gasteiger partial charge in [-0.15, -0.1) is 0 Å². The minimum atomic E-state index is 0.0505. The molecule has 0 spiro atoms. The SMILES string of the molecule is Nc1cc2oc3c(N(C4=CC=CC(c5cccc6ccccc56)C4)c4ccc(-c5cccc6ccccc56)cc4)cccc3c2cc1O. The third kappa shape index (κ3) is 4.61. The molecule has 8 aromatic rings. The first-order chi connectivity index (χ1) is 23.6. The molecule has 4 heteroatoms. The van der Waals surface area contributed by atoms with Gasteiger partial charge in [0.2, 0.25) is 0 Å². The number of fused-ring (bicyclic) bond motifs is 5. The molecule has 3 N–H and O–H groups in total.